The number of aliphatic hydroxyl groups is 1. The Morgan fingerprint density at radius 1 is 1.11 bits per heavy atom. The second-order valence-electron chi connectivity index (χ2n) is 6.56. The number of rotatable bonds is 10. The van der Waals surface area contributed by atoms with Crippen LogP contribution in [0.5, 0.6) is 11.5 Å². The van der Waals surface area contributed by atoms with Crippen molar-refractivity contribution in [3.63, 3.8) is 0 Å². The van der Waals surface area contributed by atoms with Crippen molar-refractivity contribution in [2.24, 2.45) is 0 Å². The molecule has 2 unspecified atom stereocenters. The summed E-state index contributed by atoms with van der Waals surface area (Å²) in [6, 6.07) is 14.6. The molecule has 0 aliphatic heterocycles. The highest BCUT2D eigenvalue weighted by Gasteiger charge is 2.24. The normalized spacial score (nSPS) is 15.6. The Balaban J connectivity index is 1.91. The molecule has 6 nitrogen and oxygen atoms in total. The van der Waals surface area contributed by atoms with Crippen LogP contribution < -0.4 is 14.8 Å². The van der Waals surface area contributed by atoms with Crippen LogP contribution in [0.2, 0.25) is 0 Å². The molecule has 0 saturated heterocycles. The second-order valence-corrected chi connectivity index (χ2v) is 8.94. The van der Waals surface area contributed by atoms with E-state index in [4.69, 9.17) is 9.47 Å². The number of hydrogen-bond donors (Lipinski definition) is 3. The highest BCUT2D eigenvalue weighted by molar-refractivity contribution is 7.57. The first-order valence-electron chi connectivity index (χ1n) is 8.82. The van der Waals surface area contributed by atoms with E-state index < -0.39 is 13.5 Å². The number of nitrogens with one attached hydrogen (secondary N) is 1. The summed E-state index contributed by atoms with van der Waals surface area (Å²) in [6.07, 6.45) is -1.01. The fraction of sp³-hybridized carbons (Fsp3) is 0.400. The lowest BCUT2D eigenvalue weighted by molar-refractivity contribution is 0.186. The van der Waals surface area contributed by atoms with Crippen LogP contribution in [0.25, 0.3) is 0 Å². The first-order chi connectivity index (χ1) is 12.8. The Hall–Kier alpha value is -1.85. The summed E-state index contributed by atoms with van der Waals surface area (Å²) in [5.41, 5.74) is 1.71. The van der Waals surface area contributed by atoms with E-state index in [1.807, 2.05) is 49.4 Å². The Morgan fingerprint density at radius 2 is 1.81 bits per heavy atom. The van der Waals surface area contributed by atoms with Crippen LogP contribution in [0.4, 0.5) is 0 Å². The zero-order valence-corrected chi connectivity index (χ0v) is 16.9. The molecular formula is C20H28NO5P. The van der Waals surface area contributed by atoms with Crippen LogP contribution in [0.3, 0.4) is 0 Å². The Labute approximate surface area is 160 Å². The minimum Gasteiger partial charge on any atom is -0.497 e. The summed E-state index contributed by atoms with van der Waals surface area (Å²) < 4.78 is 23.0. The molecule has 7 heteroatoms. The topological polar surface area (TPSA) is 88.0 Å². The minimum absolute atomic E-state index is 0.0623. The van der Waals surface area contributed by atoms with E-state index in [9.17, 15) is 14.6 Å². The minimum atomic E-state index is -3.46. The van der Waals surface area contributed by atoms with E-state index in [1.165, 1.54) is 0 Å². The third-order valence-electron chi connectivity index (χ3n) is 4.34. The van der Waals surface area contributed by atoms with Gasteiger partial charge in [-0.05, 0) is 18.6 Å². The average Bonchev–Trinajstić information content (AvgIpc) is 2.65. The SMILES string of the molecule is COc1ccc(C(C)NC[C@@H](O)CP(=O)(O)Cc2ccccc2)c(OC)c1. The maximum Gasteiger partial charge on any atom is 0.207 e. The first kappa shape index (κ1) is 21.5. The van der Waals surface area contributed by atoms with E-state index in [-0.39, 0.29) is 24.9 Å². The molecule has 0 fully saturated rings. The molecule has 0 saturated carbocycles. The third kappa shape index (κ3) is 6.67. The number of benzene rings is 2. The van der Waals surface area contributed by atoms with Gasteiger partial charge in [0, 0.05) is 30.4 Å². The smallest absolute Gasteiger partial charge is 0.207 e. The van der Waals surface area contributed by atoms with Crippen molar-refractivity contribution in [2.75, 3.05) is 26.9 Å². The van der Waals surface area contributed by atoms with Gasteiger partial charge in [0.1, 0.15) is 11.5 Å². The maximum atomic E-state index is 12.4. The molecule has 0 aliphatic carbocycles. The number of hydrogen-bond acceptors (Lipinski definition) is 5. The van der Waals surface area contributed by atoms with E-state index in [2.05, 4.69) is 5.32 Å². The highest BCUT2D eigenvalue weighted by Crippen LogP contribution is 2.44. The van der Waals surface area contributed by atoms with Crippen LogP contribution in [0.15, 0.2) is 48.5 Å². The van der Waals surface area contributed by atoms with Crippen LogP contribution in [-0.2, 0) is 10.7 Å². The molecule has 0 spiro atoms. The molecule has 148 valence electrons. The molecule has 0 amide bonds. The van der Waals surface area contributed by atoms with Crippen molar-refractivity contribution in [3.05, 3.63) is 59.7 Å². The Morgan fingerprint density at radius 3 is 2.44 bits per heavy atom. The van der Waals surface area contributed by atoms with Gasteiger partial charge in [-0.2, -0.15) is 0 Å². The zero-order valence-electron chi connectivity index (χ0n) is 16.0. The molecule has 0 bridgehead atoms. The van der Waals surface area contributed by atoms with Crippen molar-refractivity contribution in [1.82, 2.24) is 5.32 Å². The lowest BCUT2D eigenvalue weighted by Gasteiger charge is -2.21. The summed E-state index contributed by atoms with van der Waals surface area (Å²) in [6.45, 7) is 2.15. The molecule has 27 heavy (non-hydrogen) atoms. The summed E-state index contributed by atoms with van der Waals surface area (Å²) in [7, 11) is -0.279. The van der Waals surface area contributed by atoms with Gasteiger partial charge in [0.25, 0.3) is 0 Å². The van der Waals surface area contributed by atoms with Crippen LogP contribution in [0, 0.1) is 0 Å². The van der Waals surface area contributed by atoms with Crippen molar-refractivity contribution in [2.45, 2.75) is 25.2 Å². The predicted molar refractivity (Wildman–Crippen MR) is 107 cm³/mol. The quantitative estimate of drug-likeness (QED) is 0.538. The maximum absolute atomic E-state index is 12.4. The van der Waals surface area contributed by atoms with Crippen molar-refractivity contribution >= 4 is 7.37 Å². The van der Waals surface area contributed by atoms with Gasteiger partial charge < -0.3 is 24.8 Å². The summed E-state index contributed by atoms with van der Waals surface area (Å²) in [4.78, 5) is 10.2. The molecule has 0 heterocycles. The lowest BCUT2D eigenvalue weighted by atomic mass is 10.1. The molecule has 3 atom stereocenters. The van der Waals surface area contributed by atoms with Gasteiger partial charge in [-0.3, -0.25) is 4.57 Å². The van der Waals surface area contributed by atoms with Gasteiger partial charge in [0.2, 0.25) is 7.37 Å². The Kier molecular flexibility index (Phi) is 7.87. The van der Waals surface area contributed by atoms with Crippen LogP contribution >= 0.6 is 7.37 Å². The van der Waals surface area contributed by atoms with Gasteiger partial charge in [0.15, 0.2) is 0 Å². The lowest BCUT2D eigenvalue weighted by Crippen LogP contribution is -2.31. The zero-order chi connectivity index (χ0) is 19.9. The van der Waals surface area contributed by atoms with Gasteiger partial charge in [-0.1, -0.05) is 36.4 Å². The van der Waals surface area contributed by atoms with Gasteiger partial charge in [-0.25, -0.2) is 0 Å². The van der Waals surface area contributed by atoms with Gasteiger partial charge in [-0.15, -0.1) is 0 Å². The van der Waals surface area contributed by atoms with Crippen LogP contribution in [-0.4, -0.2) is 43.0 Å². The summed E-state index contributed by atoms with van der Waals surface area (Å²) >= 11 is 0. The Bertz CT molecular complexity index is 768. The molecule has 2 aromatic rings. The molecule has 0 aromatic heterocycles. The highest BCUT2D eigenvalue weighted by atomic mass is 31.2. The third-order valence-corrected chi connectivity index (χ3v) is 6.19. The molecular weight excluding hydrogens is 365 g/mol. The molecule has 0 aliphatic rings. The van der Waals surface area contributed by atoms with Crippen molar-refractivity contribution in [3.8, 4) is 11.5 Å². The van der Waals surface area contributed by atoms with Gasteiger partial charge in [0.05, 0.1) is 26.5 Å². The fourth-order valence-corrected chi connectivity index (χ4v) is 4.62. The summed E-state index contributed by atoms with van der Waals surface area (Å²) in [5.74, 6) is 1.38. The number of methoxy groups -OCH3 is 2. The fourth-order valence-electron chi connectivity index (χ4n) is 2.93. The van der Waals surface area contributed by atoms with Crippen LogP contribution in [0.1, 0.15) is 24.1 Å². The largest absolute Gasteiger partial charge is 0.497 e. The molecule has 2 aromatic carbocycles. The molecule has 3 N–H and O–H groups in total. The van der Waals surface area contributed by atoms with Crippen molar-refractivity contribution < 1.29 is 24.0 Å². The molecule has 2 rings (SSSR count). The summed E-state index contributed by atoms with van der Waals surface area (Å²) in [5, 5.41) is 13.4. The average molecular weight is 393 g/mol. The molecule has 0 radical (unpaired) electrons. The van der Waals surface area contributed by atoms with E-state index in [1.54, 1.807) is 20.3 Å². The van der Waals surface area contributed by atoms with Crippen molar-refractivity contribution in [1.29, 1.82) is 0 Å². The van der Waals surface area contributed by atoms with E-state index in [0.29, 0.717) is 11.5 Å². The number of ether oxygens (including phenoxy) is 2. The van der Waals surface area contributed by atoms with E-state index in [0.717, 1.165) is 11.1 Å². The first-order valence-corrected chi connectivity index (χ1v) is 10.9. The number of aliphatic hydroxyl groups excluding tert-OH is 1. The monoisotopic (exact) mass is 393 g/mol. The second kappa shape index (κ2) is 9.90. The predicted octanol–water partition coefficient (Wildman–Crippen LogP) is 3.19. The standard InChI is InChI=1S/C20H28NO5P/c1-15(19-10-9-18(25-2)11-20(19)26-3)21-12-17(22)14-27(23,24)13-16-7-5-4-6-8-16/h4-11,15,17,21-22H,12-14H2,1-3H3,(H,23,24)/t15?,17-/m1/s1. The van der Waals surface area contributed by atoms with Gasteiger partial charge >= 0.3 is 0 Å². The van der Waals surface area contributed by atoms with E-state index >= 15 is 0 Å².